The molecule has 1 heterocycles. The summed E-state index contributed by atoms with van der Waals surface area (Å²) in [7, 11) is 0. The summed E-state index contributed by atoms with van der Waals surface area (Å²) >= 11 is 0. The van der Waals surface area contributed by atoms with Gasteiger partial charge in [-0.2, -0.15) is 0 Å². The first kappa shape index (κ1) is 14.5. The van der Waals surface area contributed by atoms with Crippen LogP contribution >= 0.6 is 0 Å². The van der Waals surface area contributed by atoms with Crippen molar-refractivity contribution in [3.8, 4) is 0 Å². The molecular weight excluding hydrogens is 232 g/mol. The summed E-state index contributed by atoms with van der Waals surface area (Å²) in [6, 6.07) is 6.93. The molecule has 0 bridgehead atoms. The standard InChI is InChI=1S/C17H28N2/c1-14-6-7-17(13-16(14)3)15(2)5-4-10-19-11-8-18-9-12-19/h6-7,13,15,18H,4-5,8-12H2,1-3H3. The Morgan fingerprint density at radius 2 is 1.89 bits per heavy atom. The van der Waals surface area contributed by atoms with Crippen molar-refractivity contribution in [2.24, 2.45) is 0 Å². The van der Waals surface area contributed by atoms with E-state index in [-0.39, 0.29) is 0 Å². The summed E-state index contributed by atoms with van der Waals surface area (Å²) in [4.78, 5) is 2.59. The Labute approximate surface area is 118 Å². The predicted molar refractivity (Wildman–Crippen MR) is 82.9 cm³/mol. The van der Waals surface area contributed by atoms with Crippen molar-refractivity contribution in [2.45, 2.75) is 39.5 Å². The van der Waals surface area contributed by atoms with E-state index in [1.54, 1.807) is 0 Å². The van der Waals surface area contributed by atoms with Crippen LogP contribution in [-0.2, 0) is 0 Å². The van der Waals surface area contributed by atoms with Gasteiger partial charge in [0.1, 0.15) is 0 Å². The van der Waals surface area contributed by atoms with E-state index in [2.05, 4.69) is 49.2 Å². The molecule has 1 aromatic carbocycles. The summed E-state index contributed by atoms with van der Waals surface area (Å²) < 4.78 is 0. The van der Waals surface area contributed by atoms with Crippen molar-refractivity contribution >= 4 is 0 Å². The van der Waals surface area contributed by atoms with Gasteiger partial charge in [0.2, 0.25) is 0 Å². The third kappa shape index (κ3) is 4.32. The number of nitrogens with one attached hydrogen (secondary N) is 1. The fourth-order valence-corrected chi connectivity index (χ4v) is 2.79. The molecule has 1 aliphatic heterocycles. The smallest absolute Gasteiger partial charge is 0.0107 e. The molecule has 106 valence electrons. The van der Waals surface area contributed by atoms with Crippen LogP contribution in [0.2, 0.25) is 0 Å². The minimum Gasteiger partial charge on any atom is -0.314 e. The molecule has 0 radical (unpaired) electrons. The number of piperazine rings is 1. The molecule has 1 unspecified atom stereocenters. The van der Waals surface area contributed by atoms with Gasteiger partial charge in [-0.05, 0) is 55.8 Å². The quantitative estimate of drug-likeness (QED) is 0.875. The van der Waals surface area contributed by atoms with E-state index in [0.29, 0.717) is 5.92 Å². The van der Waals surface area contributed by atoms with Crippen LogP contribution in [0.15, 0.2) is 18.2 Å². The molecule has 2 nitrogen and oxygen atoms in total. The molecule has 1 N–H and O–H groups in total. The van der Waals surface area contributed by atoms with Crippen molar-refractivity contribution in [1.82, 2.24) is 10.2 Å². The SMILES string of the molecule is Cc1ccc(C(C)CCCN2CCNCC2)cc1C. The van der Waals surface area contributed by atoms with Gasteiger partial charge in [0, 0.05) is 26.2 Å². The summed E-state index contributed by atoms with van der Waals surface area (Å²) in [6.07, 6.45) is 2.61. The Bertz CT molecular complexity index is 394. The number of rotatable bonds is 5. The molecule has 1 aromatic rings. The van der Waals surface area contributed by atoms with Crippen LogP contribution in [-0.4, -0.2) is 37.6 Å². The van der Waals surface area contributed by atoms with Crippen LogP contribution in [0.3, 0.4) is 0 Å². The first-order chi connectivity index (χ1) is 9.16. The molecule has 19 heavy (non-hydrogen) atoms. The third-order valence-electron chi connectivity index (χ3n) is 4.42. The van der Waals surface area contributed by atoms with E-state index < -0.39 is 0 Å². The highest BCUT2D eigenvalue weighted by Crippen LogP contribution is 2.23. The average molecular weight is 260 g/mol. The molecule has 0 spiro atoms. The molecule has 1 saturated heterocycles. The lowest BCUT2D eigenvalue weighted by Crippen LogP contribution is -2.43. The van der Waals surface area contributed by atoms with Gasteiger partial charge in [0.05, 0.1) is 0 Å². The van der Waals surface area contributed by atoms with Gasteiger partial charge in [-0.3, -0.25) is 0 Å². The van der Waals surface area contributed by atoms with Crippen LogP contribution in [0.25, 0.3) is 0 Å². The fraction of sp³-hybridized carbons (Fsp3) is 0.647. The number of benzene rings is 1. The van der Waals surface area contributed by atoms with Crippen molar-refractivity contribution in [1.29, 1.82) is 0 Å². The molecule has 0 aromatic heterocycles. The predicted octanol–water partition coefficient (Wildman–Crippen LogP) is 3.09. The molecule has 2 rings (SSSR count). The Morgan fingerprint density at radius 3 is 2.58 bits per heavy atom. The lowest BCUT2D eigenvalue weighted by Gasteiger charge is -2.27. The van der Waals surface area contributed by atoms with Gasteiger partial charge in [-0.1, -0.05) is 25.1 Å². The maximum absolute atomic E-state index is 3.41. The van der Waals surface area contributed by atoms with E-state index in [4.69, 9.17) is 0 Å². The van der Waals surface area contributed by atoms with E-state index in [0.717, 1.165) is 13.1 Å². The molecule has 0 amide bonds. The van der Waals surface area contributed by atoms with Crippen molar-refractivity contribution in [3.05, 3.63) is 34.9 Å². The van der Waals surface area contributed by atoms with E-state index in [9.17, 15) is 0 Å². The second-order valence-corrected chi connectivity index (χ2v) is 5.98. The van der Waals surface area contributed by atoms with Gasteiger partial charge in [0.25, 0.3) is 0 Å². The van der Waals surface area contributed by atoms with Crippen LogP contribution in [0, 0.1) is 13.8 Å². The van der Waals surface area contributed by atoms with Crippen LogP contribution in [0.1, 0.15) is 42.4 Å². The second-order valence-electron chi connectivity index (χ2n) is 5.98. The maximum Gasteiger partial charge on any atom is 0.0107 e. The zero-order valence-electron chi connectivity index (χ0n) is 12.7. The summed E-state index contributed by atoms with van der Waals surface area (Å²) in [6.45, 7) is 12.8. The van der Waals surface area contributed by atoms with Gasteiger partial charge in [-0.25, -0.2) is 0 Å². The maximum atomic E-state index is 3.41. The van der Waals surface area contributed by atoms with Gasteiger partial charge >= 0.3 is 0 Å². The van der Waals surface area contributed by atoms with Crippen molar-refractivity contribution in [3.63, 3.8) is 0 Å². The summed E-state index contributed by atoms with van der Waals surface area (Å²) in [5, 5.41) is 3.41. The molecule has 1 atom stereocenters. The van der Waals surface area contributed by atoms with Crippen LogP contribution in [0.5, 0.6) is 0 Å². The highest BCUT2D eigenvalue weighted by atomic mass is 15.2. The number of nitrogens with zero attached hydrogens (tertiary/aromatic N) is 1. The molecule has 0 saturated carbocycles. The van der Waals surface area contributed by atoms with Crippen LogP contribution < -0.4 is 5.32 Å². The van der Waals surface area contributed by atoms with E-state index in [1.807, 2.05) is 0 Å². The van der Waals surface area contributed by atoms with Gasteiger partial charge in [-0.15, -0.1) is 0 Å². The van der Waals surface area contributed by atoms with Gasteiger partial charge < -0.3 is 10.2 Å². The fourth-order valence-electron chi connectivity index (χ4n) is 2.79. The first-order valence-electron chi connectivity index (χ1n) is 7.67. The Hall–Kier alpha value is -0.860. The summed E-state index contributed by atoms with van der Waals surface area (Å²) in [5.74, 6) is 0.683. The largest absolute Gasteiger partial charge is 0.314 e. The van der Waals surface area contributed by atoms with E-state index >= 15 is 0 Å². The zero-order chi connectivity index (χ0) is 13.7. The van der Waals surface area contributed by atoms with E-state index in [1.165, 1.54) is 49.2 Å². The van der Waals surface area contributed by atoms with Crippen LogP contribution in [0.4, 0.5) is 0 Å². The number of hydrogen-bond donors (Lipinski definition) is 1. The Kier molecular flexibility index (Phi) is 5.41. The van der Waals surface area contributed by atoms with Gasteiger partial charge in [0.15, 0.2) is 0 Å². The Morgan fingerprint density at radius 1 is 1.16 bits per heavy atom. The zero-order valence-corrected chi connectivity index (χ0v) is 12.7. The molecule has 2 heteroatoms. The molecule has 0 aliphatic carbocycles. The minimum atomic E-state index is 0.683. The first-order valence-corrected chi connectivity index (χ1v) is 7.67. The topological polar surface area (TPSA) is 15.3 Å². The minimum absolute atomic E-state index is 0.683. The molecular formula is C17H28N2. The number of hydrogen-bond acceptors (Lipinski definition) is 2. The number of aryl methyl sites for hydroxylation is 2. The molecule has 1 fully saturated rings. The second kappa shape index (κ2) is 7.06. The Balaban J connectivity index is 1.76. The van der Waals surface area contributed by atoms with Crippen molar-refractivity contribution in [2.75, 3.05) is 32.7 Å². The summed E-state index contributed by atoms with van der Waals surface area (Å²) in [5.41, 5.74) is 4.33. The van der Waals surface area contributed by atoms with Crippen molar-refractivity contribution < 1.29 is 0 Å². The lowest BCUT2D eigenvalue weighted by molar-refractivity contribution is 0.235. The third-order valence-corrected chi connectivity index (χ3v) is 4.42. The monoisotopic (exact) mass is 260 g/mol. The lowest BCUT2D eigenvalue weighted by atomic mass is 9.93. The average Bonchev–Trinajstić information content (AvgIpc) is 2.43. The molecule has 1 aliphatic rings. The normalized spacial score (nSPS) is 18.5. The highest BCUT2D eigenvalue weighted by molar-refractivity contribution is 5.31. The highest BCUT2D eigenvalue weighted by Gasteiger charge is 2.11.